The summed E-state index contributed by atoms with van der Waals surface area (Å²) in [7, 11) is -13.4. The number of aryl methyl sites for hydroxylation is 2. The number of aromatic nitrogens is 3. The third-order valence-electron chi connectivity index (χ3n) is 4.83. The molecule has 1 heterocycles. The third-order valence-corrected chi connectivity index (χ3v) is 7.57. The minimum Gasteiger partial charge on any atom is -0.421 e. The average Bonchev–Trinajstić information content (AvgIpc) is 3.26. The molecule has 0 aliphatic rings. The van der Waals surface area contributed by atoms with Gasteiger partial charge in [0.25, 0.3) is 6.33 Å². The van der Waals surface area contributed by atoms with Crippen molar-refractivity contribution in [1.82, 2.24) is 9.78 Å². The number of rotatable bonds is 12. The summed E-state index contributed by atoms with van der Waals surface area (Å²) in [5.41, 5.74) is -12.4. The Hall–Kier alpha value is -2.33. The van der Waals surface area contributed by atoms with Crippen molar-refractivity contribution in [3.05, 3.63) is 16.8 Å². The molecule has 0 aliphatic carbocycles. The van der Waals surface area contributed by atoms with Crippen molar-refractivity contribution < 1.29 is 105 Å². The minimum absolute atomic E-state index is 0.271. The van der Waals surface area contributed by atoms with Gasteiger partial charge in [-0.3, -0.25) is 0 Å². The van der Waals surface area contributed by atoms with E-state index in [1.807, 2.05) is 0 Å². The van der Waals surface area contributed by atoms with E-state index in [0.717, 1.165) is 21.5 Å². The first-order chi connectivity index (χ1) is 19.5. The Kier molecular flexibility index (Phi) is 12.4. The van der Waals surface area contributed by atoms with Gasteiger partial charge in [0.2, 0.25) is 6.33 Å². The monoisotopic (exact) mass is 752 g/mol. The first-order valence-electron chi connectivity index (χ1n) is 10.7. The second kappa shape index (κ2) is 13.1. The molecule has 1 rings (SSSR count). The lowest BCUT2D eigenvalue weighted by molar-refractivity contribution is -0.701. The van der Waals surface area contributed by atoms with Crippen LogP contribution in [-0.2, 0) is 33.1 Å². The summed E-state index contributed by atoms with van der Waals surface area (Å²) in [5.74, 6) is -36.7. The van der Waals surface area contributed by atoms with E-state index in [1.54, 1.807) is 6.92 Å². The van der Waals surface area contributed by atoms with Crippen molar-refractivity contribution in [1.29, 1.82) is 0 Å². The smallest absolute Gasteiger partial charge is 0.421 e. The SMILES string of the molecule is CCCCn1c[n+](CCC(F)(F)C(F)(F)C(F)(F)C(F)(F)C(F)(F)C(F)(F)F)cn1.O=S(=O)([N-]S(=O)(=O)C(F)(F)F)C(F)(F)F. The van der Waals surface area contributed by atoms with Gasteiger partial charge in [-0.25, -0.2) is 21.4 Å². The van der Waals surface area contributed by atoms with Crippen LogP contribution in [0.15, 0.2) is 12.7 Å². The number of alkyl halides is 19. The van der Waals surface area contributed by atoms with Crippen molar-refractivity contribution in [2.45, 2.75) is 86.1 Å². The van der Waals surface area contributed by atoms with Crippen LogP contribution < -0.4 is 4.57 Å². The third kappa shape index (κ3) is 8.93. The quantitative estimate of drug-likeness (QED) is 0.188. The summed E-state index contributed by atoms with van der Waals surface area (Å²) in [6, 6.07) is 0. The zero-order chi connectivity index (χ0) is 36.5. The van der Waals surface area contributed by atoms with Crippen LogP contribution in [0.5, 0.6) is 0 Å². The number of halogens is 19. The standard InChI is InChI=1S/C14H15F13N3.C2F6NO4S2/c1-2-3-5-30-8-29(7-28-30)6-4-9(15,16)10(17,18)11(19,20)12(21,22)13(23,24)14(25,26)27;3-1(4,5)14(10,11)9-15(12,13)2(6,7)8/h7-8H,2-6H2,1H3;/q+1;-1. The highest BCUT2D eigenvalue weighted by atomic mass is 32.3. The summed E-state index contributed by atoms with van der Waals surface area (Å²) in [6.07, 6.45) is -6.62. The maximum atomic E-state index is 13.7. The van der Waals surface area contributed by atoms with Crippen molar-refractivity contribution in [2.24, 2.45) is 0 Å². The molecule has 0 aliphatic heterocycles. The largest absolute Gasteiger partial charge is 0.480 e. The Labute approximate surface area is 238 Å². The molecule has 0 unspecified atom stereocenters. The Balaban J connectivity index is 0.00000109. The highest BCUT2D eigenvalue weighted by Crippen LogP contribution is 2.60. The molecule has 0 saturated heterocycles. The molecule has 0 spiro atoms. The molecule has 0 radical (unpaired) electrons. The van der Waals surface area contributed by atoms with Gasteiger partial charge in [0, 0.05) is 11.5 Å². The predicted molar refractivity (Wildman–Crippen MR) is 106 cm³/mol. The second-order valence-electron chi connectivity index (χ2n) is 8.27. The Morgan fingerprint density at radius 3 is 1.42 bits per heavy atom. The van der Waals surface area contributed by atoms with Gasteiger partial charge in [-0.05, 0) is 6.42 Å². The fraction of sp³-hybridized carbons (Fsp3) is 0.875. The van der Waals surface area contributed by atoms with Gasteiger partial charge in [0.05, 0.1) is 6.54 Å². The Morgan fingerprint density at radius 1 is 0.667 bits per heavy atom. The molecule has 268 valence electrons. The van der Waals surface area contributed by atoms with E-state index in [9.17, 15) is 100 Å². The minimum atomic E-state index is -7.87. The van der Waals surface area contributed by atoms with E-state index in [1.165, 1.54) is 0 Å². The molecule has 29 heteroatoms. The lowest BCUT2D eigenvalue weighted by Crippen LogP contribution is -2.70. The maximum absolute atomic E-state index is 13.7. The van der Waals surface area contributed by atoms with Crippen molar-refractivity contribution in [3.8, 4) is 0 Å². The van der Waals surface area contributed by atoms with Crippen molar-refractivity contribution in [2.75, 3.05) is 0 Å². The van der Waals surface area contributed by atoms with E-state index in [4.69, 9.17) is 0 Å². The number of hydrogen-bond acceptors (Lipinski definition) is 5. The Bertz CT molecular complexity index is 1310. The fourth-order valence-electron chi connectivity index (χ4n) is 2.36. The lowest BCUT2D eigenvalue weighted by atomic mass is 9.92. The van der Waals surface area contributed by atoms with E-state index >= 15 is 0 Å². The molecule has 45 heavy (non-hydrogen) atoms. The molecule has 0 N–H and O–H groups in total. The molecule has 0 fully saturated rings. The van der Waals surface area contributed by atoms with E-state index in [-0.39, 0.29) is 6.54 Å². The summed E-state index contributed by atoms with van der Waals surface area (Å²) in [6.45, 7) is 0.858. The van der Waals surface area contributed by atoms with Crippen LogP contribution in [0.3, 0.4) is 0 Å². The zero-order valence-corrected chi connectivity index (χ0v) is 22.7. The molecule has 0 atom stereocenters. The molecule has 8 nitrogen and oxygen atoms in total. The molecule has 0 saturated carbocycles. The zero-order valence-electron chi connectivity index (χ0n) is 21.1. The van der Waals surface area contributed by atoms with Crippen molar-refractivity contribution >= 4 is 20.0 Å². The van der Waals surface area contributed by atoms with E-state index in [2.05, 4.69) is 5.10 Å². The first kappa shape index (κ1) is 42.7. The molecule has 0 aromatic carbocycles. The number of sulfonamides is 2. The van der Waals surface area contributed by atoms with Crippen LogP contribution in [-0.4, -0.2) is 73.4 Å². The van der Waals surface area contributed by atoms with Gasteiger partial charge >= 0.3 is 46.8 Å². The molecular weight excluding hydrogens is 737 g/mol. The van der Waals surface area contributed by atoms with Crippen LogP contribution >= 0.6 is 0 Å². The number of hydrogen-bond donors (Lipinski definition) is 0. The molecule has 0 bridgehead atoms. The van der Waals surface area contributed by atoms with Gasteiger partial charge < -0.3 is 4.13 Å². The summed E-state index contributed by atoms with van der Waals surface area (Å²) in [4.78, 5) is 0. The molecule has 1 aromatic heterocycles. The van der Waals surface area contributed by atoms with Gasteiger partial charge in [-0.1, -0.05) is 13.3 Å². The topological polar surface area (TPSA) is 104 Å². The number of nitrogens with zero attached hydrogens (tertiary/aromatic N) is 4. The van der Waals surface area contributed by atoms with Crippen molar-refractivity contribution in [3.63, 3.8) is 0 Å². The van der Waals surface area contributed by atoms with Gasteiger partial charge in [-0.2, -0.15) is 83.4 Å². The predicted octanol–water partition coefficient (Wildman–Crippen LogP) is 6.16. The Morgan fingerprint density at radius 2 is 1.07 bits per heavy atom. The fourth-order valence-corrected chi connectivity index (χ4v) is 4.07. The summed E-state index contributed by atoms with van der Waals surface area (Å²) >= 11 is 0. The molecule has 1 aromatic rings. The average molecular weight is 752 g/mol. The van der Waals surface area contributed by atoms with Crippen LogP contribution in [0, 0.1) is 0 Å². The summed E-state index contributed by atoms with van der Waals surface area (Å²) < 4.78 is 280. The van der Waals surface area contributed by atoms with E-state index < -0.39 is 79.8 Å². The second-order valence-corrected chi connectivity index (χ2v) is 11.7. The normalized spacial score (nSPS) is 15.1. The van der Waals surface area contributed by atoms with Crippen LogP contribution in [0.2, 0.25) is 0 Å². The van der Waals surface area contributed by atoms with Crippen LogP contribution in [0.25, 0.3) is 4.13 Å². The molecule has 0 amide bonds. The maximum Gasteiger partial charge on any atom is 0.480 e. The van der Waals surface area contributed by atoms with Gasteiger partial charge in [0.1, 0.15) is 6.54 Å². The van der Waals surface area contributed by atoms with E-state index in [0.29, 0.717) is 17.4 Å². The highest BCUT2D eigenvalue weighted by Gasteiger charge is 2.90. The van der Waals surface area contributed by atoms with Crippen LogP contribution in [0.1, 0.15) is 26.2 Å². The highest BCUT2D eigenvalue weighted by molar-refractivity contribution is 8.13. The first-order valence-corrected chi connectivity index (χ1v) is 13.6. The number of unbranched alkanes of at least 4 members (excludes halogenated alkanes) is 1. The van der Waals surface area contributed by atoms with Crippen LogP contribution in [0.4, 0.5) is 83.4 Å². The summed E-state index contributed by atoms with van der Waals surface area (Å²) in [5, 5.41) is 3.62. The van der Waals surface area contributed by atoms with Gasteiger partial charge in [-0.15, -0.1) is 4.68 Å². The molecular formula is C16H15F19N4O4S2. The lowest BCUT2D eigenvalue weighted by Gasteiger charge is -2.39. The van der Waals surface area contributed by atoms with Gasteiger partial charge in [0.15, 0.2) is 20.0 Å².